The van der Waals surface area contributed by atoms with Crippen LogP contribution in [0.1, 0.15) is 15.9 Å². The van der Waals surface area contributed by atoms with Crippen molar-refractivity contribution in [1.29, 1.82) is 0 Å². The lowest BCUT2D eigenvalue weighted by Gasteiger charge is -2.12. The molecule has 0 unspecified atom stereocenters. The number of benzene rings is 1. The second-order valence-electron chi connectivity index (χ2n) is 4.39. The van der Waals surface area contributed by atoms with Crippen molar-refractivity contribution in [2.45, 2.75) is 6.54 Å². The van der Waals surface area contributed by atoms with E-state index in [1.54, 1.807) is 25.3 Å². The van der Waals surface area contributed by atoms with Gasteiger partial charge in [0.25, 0.3) is 0 Å². The third kappa shape index (κ3) is 3.43. The number of anilines is 1. The maximum Gasteiger partial charge on any atom is 0.339 e. The van der Waals surface area contributed by atoms with Gasteiger partial charge in [-0.3, -0.25) is 0 Å². The molecule has 0 aliphatic rings. The minimum atomic E-state index is -1.25. The van der Waals surface area contributed by atoms with Crippen LogP contribution in [0.25, 0.3) is 0 Å². The molecule has 0 saturated heterocycles. The lowest BCUT2D eigenvalue weighted by atomic mass is 10.2. The Morgan fingerprint density at radius 2 is 2.09 bits per heavy atom. The average molecular weight is 306 g/mol. The number of carbonyl (C=O) groups is 1. The Morgan fingerprint density at radius 1 is 1.32 bits per heavy atom. The van der Waals surface area contributed by atoms with E-state index >= 15 is 0 Å². The Hall–Kier alpha value is -2.83. The molecule has 2 rings (SSSR count). The molecule has 0 amide bonds. The van der Waals surface area contributed by atoms with Crippen LogP contribution in [-0.2, 0) is 6.54 Å². The van der Waals surface area contributed by atoms with Gasteiger partial charge in [0.2, 0.25) is 0 Å². The number of carboxylic acids is 1. The predicted octanol–water partition coefficient (Wildman–Crippen LogP) is 2.55. The predicted molar refractivity (Wildman–Crippen MR) is 78.0 cm³/mol. The fourth-order valence-electron chi connectivity index (χ4n) is 1.92. The quantitative estimate of drug-likeness (QED) is 0.853. The van der Waals surface area contributed by atoms with Crippen molar-refractivity contribution >= 4 is 11.8 Å². The van der Waals surface area contributed by atoms with Crippen molar-refractivity contribution in [3.05, 3.63) is 47.4 Å². The van der Waals surface area contributed by atoms with Gasteiger partial charge in [-0.25, -0.2) is 14.2 Å². The number of rotatable bonds is 6. The molecule has 2 aromatic rings. The lowest BCUT2D eigenvalue weighted by Crippen LogP contribution is -2.09. The summed E-state index contributed by atoms with van der Waals surface area (Å²) in [4.78, 5) is 14.9. The summed E-state index contributed by atoms with van der Waals surface area (Å²) in [5.41, 5.74) is 0.554. The summed E-state index contributed by atoms with van der Waals surface area (Å²) in [5.74, 6) is -0.634. The van der Waals surface area contributed by atoms with E-state index in [4.69, 9.17) is 14.6 Å². The maximum absolute atomic E-state index is 13.1. The van der Waals surface area contributed by atoms with E-state index in [0.29, 0.717) is 11.5 Å². The fourth-order valence-corrected chi connectivity index (χ4v) is 1.92. The highest BCUT2D eigenvalue weighted by Gasteiger charge is 2.13. The number of ether oxygens (including phenoxy) is 2. The molecular weight excluding hydrogens is 291 g/mol. The summed E-state index contributed by atoms with van der Waals surface area (Å²) in [7, 11) is 3.07. The summed E-state index contributed by atoms with van der Waals surface area (Å²) in [6.07, 6.45) is 0.958. The van der Waals surface area contributed by atoms with Gasteiger partial charge >= 0.3 is 5.97 Å². The van der Waals surface area contributed by atoms with Crippen LogP contribution in [-0.4, -0.2) is 30.3 Å². The number of halogens is 1. The van der Waals surface area contributed by atoms with Crippen LogP contribution in [0.2, 0.25) is 0 Å². The maximum atomic E-state index is 13.1. The van der Waals surface area contributed by atoms with Crippen molar-refractivity contribution in [3.8, 4) is 11.5 Å². The van der Waals surface area contributed by atoms with Gasteiger partial charge in [0, 0.05) is 18.2 Å². The molecule has 7 heteroatoms. The number of hydrogen-bond acceptors (Lipinski definition) is 5. The molecule has 1 heterocycles. The summed E-state index contributed by atoms with van der Waals surface area (Å²) < 4.78 is 23.4. The molecule has 0 saturated carbocycles. The molecule has 0 radical (unpaired) electrons. The largest absolute Gasteiger partial charge is 0.497 e. The van der Waals surface area contributed by atoms with Crippen molar-refractivity contribution in [1.82, 2.24) is 4.98 Å². The summed E-state index contributed by atoms with van der Waals surface area (Å²) in [6, 6.07) is 6.18. The van der Waals surface area contributed by atoms with Crippen LogP contribution < -0.4 is 14.8 Å². The number of carboxylic acid groups (broad SMARTS) is 1. The zero-order chi connectivity index (χ0) is 16.1. The minimum absolute atomic E-state index is 0.0896. The molecule has 0 aliphatic heterocycles. The Kier molecular flexibility index (Phi) is 4.77. The van der Waals surface area contributed by atoms with Crippen LogP contribution in [0.15, 0.2) is 30.5 Å². The van der Waals surface area contributed by atoms with Gasteiger partial charge in [-0.2, -0.15) is 0 Å². The molecule has 1 aromatic carbocycles. The van der Waals surface area contributed by atoms with Crippen molar-refractivity contribution in [2.75, 3.05) is 19.5 Å². The minimum Gasteiger partial charge on any atom is -0.497 e. The van der Waals surface area contributed by atoms with E-state index < -0.39 is 11.8 Å². The van der Waals surface area contributed by atoms with E-state index in [9.17, 15) is 9.18 Å². The summed E-state index contributed by atoms with van der Waals surface area (Å²) >= 11 is 0. The second-order valence-corrected chi connectivity index (χ2v) is 4.39. The SMILES string of the molecule is COc1ccc(CNc2ncc(F)cc2C(=O)O)c(OC)c1. The van der Waals surface area contributed by atoms with Crippen molar-refractivity contribution in [3.63, 3.8) is 0 Å². The number of nitrogens with one attached hydrogen (secondary N) is 1. The molecule has 0 fully saturated rings. The highest BCUT2D eigenvalue weighted by molar-refractivity contribution is 5.93. The first-order valence-corrected chi connectivity index (χ1v) is 6.38. The van der Waals surface area contributed by atoms with E-state index in [1.807, 2.05) is 0 Å². The van der Waals surface area contributed by atoms with E-state index in [0.717, 1.165) is 17.8 Å². The summed E-state index contributed by atoms with van der Waals surface area (Å²) in [6.45, 7) is 0.270. The van der Waals surface area contributed by atoms with E-state index in [2.05, 4.69) is 10.3 Å². The van der Waals surface area contributed by atoms with Gasteiger partial charge in [-0.15, -0.1) is 0 Å². The average Bonchev–Trinajstić information content (AvgIpc) is 2.53. The van der Waals surface area contributed by atoms with Gasteiger partial charge in [0.05, 0.1) is 20.4 Å². The Labute approximate surface area is 126 Å². The molecule has 1 aromatic heterocycles. The van der Waals surface area contributed by atoms with Crippen LogP contribution in [0.3, 0.4) is 0 Å². The van der Waals surface area contributed by atoms with Gasteiger partial charge < -0.3 is 19.9 Å². The van der Waals surface area contributed by atoms with Crippen molar-refractivity contribution in [2.24, 2.45) is 0 Å². The molecule has 6 nitrogen and oxygen atoms in total. The van der Waals surface area contributed by atoms with Gasteiger partial charge in [0.1, 0.15) is 28.7 Å². The van der Waals surface area contributed by atoms with Crippen LogP contribution in [0, 0.1) is 5.82 Å². The second kappa shape index (κ2) is 6.75. The Bertz CT molecular complexity index is 691. The molecule has 0 bridgehead atoms. The number of nitrogens with zero attached hydrogens (tertiary/aromatic N) is 1. The molecular formula is C15H15FN2O4. The molecule has 0 atom stereocenters. The zero-order valence-corrected chi connectivity index (χ0v) is 12.1. The van der Waals surface area contributed by atoms with Crippen LogP contribution in [0.4, 0.5) is 10.2 Å². The first kappa shape index (κ1) is 15.6. The smallest absolute Gasteiger partial charge is 0.339 e. The molecule has 2 N–H and O–H groups in total. The van der Waals surface area contributed by atoms with Crippen LogP contribution in [0.5, 0.6) is 11.5 Å². The third-order valence-corrected chi connectivity index (χ3v) is 3.03. The lowest BCUT2D eigenvalue weighted by molar-refractivity contribution is 0.0697. The highest BCUT2D eigenvalue weighted by Crippen LogP contribution is 2.25. The number of pyridine rings is 1. The number of aromatic nitrogens is 1. The highest BCUT2D eigenvalue weighted by atomic mass is 19.1. The molecule has 0 aliphatic carbocycles. The Balaban J connectivity index is 2.22. The molecule has 22 heavy (non-hydrogen) atoms. The van der Waals surface area contributed by atoms with Crippen molar-refractivity contribution < 1.29 is 23.8 Å². The first-order valence-electron chi connectivity index (χ1n) is 6.38. The third-order valence-electron chi connectivity index (χ3n) is 3.03. The zero-order valence-electron chi connectivity index (χ0n) is 12.1. The normalized spacial score (nSPS) is 10.1. The van der Waals surface area contributed by atoms with E-state index in [-0.39, 0.29) is 17.9 Å². The molecule has 0 spiro atoms. The standard InChI is InChI=1S/C15H15FN2O4/c1-21-11-4-3-9(13(6-11)22-2)7-17-14-12(15(19)20)5-10(16)8-18-14/h3-6,8H,7H2,1-2H3,(H,17,18)(H,19,20). The Morgan fingerprint density at radius 3 is 2.73 bits per heavy atom. The first-order chi connectivity index (χ1) is 10.5. The number of hydrogen-bond donors (Lipinski definition) is 2. The van der Waals surface area contributed by atoms with E-state index in [1.165, 1.54) is 7.11 Å². The topological polar surface area (TPSA) is 80.7 Å². The number of aromatic carboxylic acids is 1. The van der Waals surface area contributed by atoms with Gasteiger partial charge in [0.15, 0.2) is 0 Å². The molecule has 116 valence electrons. The monoisotopic (exact) mass is 306 g/mol. The van der Waals surface area contributed by atoms with Gasteiger partial charge in [-0.05, 0) is 18.2 Å². The fraction of sp³-hybridized carbons (Fsp3) is 0.200. The van der Waals surface area contributed by atoms with Crippen LogP contribution >= 0.6 is 0 Å². The van der Waals surface area contributed by atoms with Gasteiger partial charge in [-0.1, -0.05) is 0 Å². The summed E-state index contributed by atoms with van der Waals surface area (Å²) in [5, 5.41) is 11.9. The number of methoxy groups -OCH3 is 2.